The molecule has 1 unspecified atom stereocenters. The Labute approximate surface area is 131 Å². The summed E-state index contributed by atoms with van der Waals surface area (Å²) in [7, 11) is 1.60. The minimum absolute atomic E-state index is 0.0198. The second-order valence-electron chi connectivity index (χ2n) is 5.24. The normalized spacial score (nSPS) is 11.7. The van der Waals surface area contributed by atoms with E-state index in [1.807, 2.05) is 13.8 Å². The van der Waals surface area contributed by atoms with Gasteiger partial charge in [0.1, 0.15) is 24.1 Å². The van der Waals surface area contributed by atoms with Gasteiger partial charge in [-0.15, -0.1) is 0 Å². The fourth-order valence-electron chi connectivity index (χ4n) is 1.88. The van der Waals surface area contributed by atoms with Crippen LogP contribution in [0.2, 0.25) is 0 Å². The molecule has 2 amide bonds. The number of hydrogen-bond donors (Lipinski definition) is 2. The van der Waals surface area contributed by atoms with Crippen molar-refractivity contribution < 1.29 is 19.1 Å². The van der Waals surface area contributed by atoms with E-state index in [4.69, 9.17) is 9.47 Å². The summed E-state index contributed by atoms with van der Waals surface area (Å²) in [6.45, 7) is 5.88. The summed E-state index contributed by atoms with van der Waals surface area (Å²) in [4.78, 5) is 23.1. The Morgan fingerprint density at radius 2 is 1.73 bits per heavy atom. The van der Waals surface area contributed by atoms with Gasteiger partial charge in [0.15, 0.2) is 0 Å². The summed E-state index contributed by atoms with van der Waals surface area (Å²) < 4.78 is 10.6. The van der Waals surface area contributed by atoms with Crippen LogP contribution in [0.15, 0.2) is 24.3 Å². The first kappa shape index (κ1) is 17.8. The molecule has 0 aliphatic rings. The summed E-state index contributed by atoms with van der Waals surface area (Å²) in [5, 5.41) is 5.40. The highest BCUT2D eigenvalue weighted by molar-refractivity contribution is 5.86. The number of hydrogen-bond acceptors (Lipinski definition) is 4. The number of methoxy groups -OCH3 is 1. The number of amides is 2. The van der Waals surface area contributed by atoms with E-state index in [0.717, 1.165) is 5.75 Å². The number of ether oxygens (including phenoxy) is 2. The second-order valence-corrected chi connectivity index (χ2v) is 5.24. The van der Waals surface area contributed by atoms with Crippen LogP contribution in [0.4, 0.5) is 0 Å². The van der Waals surface area contributed by atoms with E-state index >= 15 is 0 Å². The van der Waals surface area contributed by atoms with Crippen molar-refractivity contribution in [2.24, 2.45) is 5.92 Å². The fraction of sp³-hybridized carbons (Fsp3) is 0.500. The van der Waals surface area contributed by atoms with Crippen LogP contribution >= 0.6 is 0 Å². The van der Waals surface area contributed by atoms with E-state index in [0.29, 0.717) is 18.9 Å². The molecular formula is C16H24N2O4. The molecule has 122 valence electrons. The standard InChI is InChI=1S/C16H24N2O4/c1-11(2)15(18-12(3)19)16(20)17-9-10-22-14-7-5-13(21-4)6-8-14/h5-8,11,15H,9-10H2,1-4H3,(H,17,20)(H,18,19). The Bertz CT molecular complexity index is 485. The smallest absolute Gasteiger partial charge is 0.242 e. The molecule has 1 atom stereocenters. The molecule has 6 heteroatoms. The summed E-state index contributed by atoms with van der Waals surface area (Å²) >= 11 is 0. The van der Waals surface area contributed by atoms with Crippen molar-refractivity contribution in [2.45, 2.75) is 26.8 Å². The molecule has 0 fully saturated rings. The zero-order valence-electron chi connectivity index (χ0n) is 13.5. The van der Waals surface area contributed by atoms with Crippen molar-refractivity contribution in [1.29, 1.82) is 0 Å². The Morgan fingerprint density at radius 1 is 1.14 bits per heavy atom. The van der Waals surface area contributed by atoms with Crippen molar-refractivity contribution in [1.82, 2.24) is 10.6 Å². The van der Waals surface area contributed by atoms with Gasteiger partial charge in [-0.25, -0.2) is 0 Å². The summed E-state index contributed by atoms with van der Waals surface area (Å²) in [6.07, 6.45) is 0. The maximum atomic E-state index is 12.0. The quantitative estimate of drug-likeness (QED) is 0.711. The lowest BCUT2D eigenvalue weighted by atomic mass is 10.0. The third kappa shape index (κ3) is 6.03. The molecule has 1 aromatic rings. The van der Waals surface area contributed by atoms with E-state index in [1.165, 1.54) is 6.92 Å². The van der Waals surface area contributed by atoms with E-state index in [1.54, 1.807) is 31.4 Å². The molecule has 1 rings (SSSR count). The highest BCUT2D eigenvalue weighted by atomic mass is 16.5. The zero-order valence-corrected chi connectivity index (χ0v) is 13.5. The largest absolute Gasteiger partial charge is 0.497 e. The van der Waals surface area contributed by atoms with Crippen LogP contribution in [0, 0.1) is 5.92 Å². The number of benzene rings is 1. The Morgan fingerprint density at radius 3 is 2.23 bits per heavy atom. The minimum atomic E-state index is -0.529. The molecule has 1 aromatic carbocycles. The Balaban J connectivity index is 2.35. The predicted octanol–water partition coefficient (Wildman–Crippen LogP) is 1.35. The zero-order chi connectivity index (χ0) is 16.5. The van der Waals surface area contributed by atoms with Crippen molar-refractivity contribution in [3.8, 4) is 11.5 Å². The van der Waals surface area contributed by atoms with E-state index in [2.05, 4.69) is 10.6 Å². The molecule has 6 nitrogen and oxygen atoms in total. The first-order valence-corrected chi connectivity index (χ1v) is 7.25. The van der Waals surface area contributed by atoms with Gasteiger partial charge in [0.25, 0.3) is 0 Å². The molecule has 0 saturated carbocycles. The van der Waals surface area contributed by atoms with E-state index in [9.17, 15) is 9.59 Å². The van der Waals surface area contributed by atoms with Gasteiger partial charge in [0.2, 0.25) is 11.8 Å². The van der Waals surface area contributed by atoms with Crippen LogP contribution in [0.5, 0.6) is 11.5 Å². The van der Waals surface area contributed by atoms with Crippen molar-refractivity contribution in [2.75, 3.05) is 20.3 Å². The average molecular weight is 308 g/mol. The summed E-state index contributed by atoms with van der Waals surface area (Å²) in [6, 6.07) is 6.68. The number of nitrogens with one attached hydrogen (secondary N) is 2. The van der Waals surface area contributed by atoms with Gasteiger partial charge in [-0.2, -0.15) is 0 Å². The van der Waals surface area contributed by atoms with Gasteiger partial charge in [-0.3, -0.25) is 9.59 Å². The third-order valence-electron chi connectivity index (χ3n) is 3.04. The molecule has 0 saturated heterocycles. The highest BCUT2D eigenvalue weighted by Gasteiger charge is 2.22. The maximum Gasteiger partial charge on any atom is 0.242 e. The summed E-state index contributed by atoms with van der Waals surface area (Å²) in [5.74, 6) is 1.06. The first-order valence-electron chi connectivity index (χ1n) is 7.25. The second kappa shape index (κ2) is 8.92. The topological polar surface area (TPSA) is 76.7 Å². The molecule has 0 aliphatic heterocycles. The molecular weight excluding hydrogens is 284 g/mol. The SMILES string of the molecule is COc1ccc(OCCNC(=O)C(NC(C)=O)C(C)C)cc1. The Kier molecular flexibility index (Phi) is 7.22. The number of rotatable bonds is 8. The lowest BCUT2D eigenvalue weighted by Crippen LogP contribution is -2.49. The molecule has 22 heavy (non-hydrogen) atoms. The third-order valence-corrected chi connectivity index (χ3v) is 3.04. The molecule has 0 bridgehead atoms. The molecule has 0 aromatic heterocycles. The minimum Gasteiger partial charge on any atom is -0.497 e. The maximum absolute atomic E-state index is 12.0. The summed E-state index contributed by atoms with van der Waals surface area (Å²) in [5.41, 5.74) is 0. The van der Waals surface area contributed by atoms with E-state index < -0.39 is 6.04 Å². The predicted molar refractivity (Wildman–Crippen MR) is 83.9 cm³/mol. The van der Waals surface area contributed by atoms with Crippen LogP contribution in [-0.2, 0) is 9.59 Å². The Hall–Kier alpha value is -2.24. The lowest BCUT2D eigenvalue weighted by molar-refractivity contribution is -0.129. The molecule has 0 aliphatic carbocycles. The number of carbonyl (C=O) groups excluding carboxylic acids is 2. The highest BCUT2D eigenvalue weighted by Crippen LogP contribution is 2.16. The number of carbonyl (C=O) groups is 2. The molecule has 0 spiro atoms. The van der Waals surface area contributed by atoms with Crippen LogP contribution in [0.1, 0.15) is 20.8 Å². The van der Waals surface area contributed by atoms with Crippen LogP contribution in [0.25, 0.3) is 0 Å². The van der Waals surface area contributed by atoms with Crippen molar-refractivity contribution in [3.63, 3.8) is 0 Å². The fourth-order valence-corrected chi connectivity index (χ4v) is 1.88. The van der Waals surface area contributed by atoms with Crippen LogP contribution in [-0.4, -0.2) is 38.1 Å². The first-order chi connectivity index (χ1) is 10.4. The lowest BCUT2D eigenvalue weighted by Gasteiger charge is -2.20. The van der Waals surface area contributed by atoms with Gasteiger partial charge in [-0.05, 0) is 30.2 Å². The molecule has 2 N–H and O–H groups in total. The van der Waals surface area contributed by atoms with Gasteiger partial charge in [-0.1, -0.05) is 13.8 Å². The van der Waals surface area contributed by atoms with E-state index in [-0.39, 0.29) is 17.7 Å². The average Bonchev–Trinajstić information content (AvgIpc) is 2.49. The monoisotopic (exact) mass is 308 g/mol. The van der Waals surface area contributed by atoms with Gasteiger partial charge < -0.3 is 20.1 Å². The molecule has 0 radical (unpaired) electrons. The van der Waals surface area contributed by atoms with Gasteiger partial charge in [0.05, 0.1) is 13.7 Å². The van der Waals surface area contributed by atoms with Gasteiger partial charge in [0, 0.05) is 6.92 Å². The van der Waals surface area contributed by atoms with Crippen LogP contribution in [0.3, 0.4) is 0 Å². The molecule has 0 heterocycles. The van der Waals surface area contributed by atoms with Crippen LogP contribution < -0.4 is 20.1 Å². The van der Waals surface area contributed by atoms with Crippen molar-refractivity contribution in [3.05, 3.63) is 24.3 Å². The van der Waals surface area contributed by atoms with Crippen molar-refractivity contribution >= 4 is 11.8 Å². The van der Waals surface area contributed by atoms with Gasteiger partial charge >= 0.3 is 0 Å².